The summed E-state index contributed by atoms with van der Waals surface area (Å²) in [7, 11) is 0. The molecule has 0 heterocycles. The van der Waals surface area contributed by atoms with Crippen molar-refractivity contribution in [2.24, 2.45) is 4.99 Å². The lowest BCUT2D eigenvalue weighted by Gasteiger charge is -1.93. The van der Waals surface area contributed by atoms with Crippen molar-refractivity contribution >= 4 is 18.1 Å². The largest absolute Gasteiger partial charge is 0.290 e. The van der Waals surface area contributed by atoms with E-state index in [0.717, 1.165) is 24.0 Å². The van der Waals surface area contributed by atoms with Crippen molar-refractivity contribution < 1.29 is 0 Å². The van der Waals surface area contributed by atoms with Gasteiger partial charge in [-0.2, -0.15) is 0 Å². The number of rotatable bonds is 4. The van der Waals surface area contributed by atoms with E-state index >= 15 is 0 Å². The third kappa shape index (κ3) is 3.35. The molecule has 0 unspecified atom stereocenters. The van der Waals surface area contributed by atoms with Crippen molar-refractivity contribution in [3.05, 3.63) is 42.0 Å². The van der Waals surface area contributed by atoms with Crippen molar-refractivity contribution in [2.75, 3.05) is 0 Å². The molecule has 1 aromatic carbocycles. The predicted octanol–water partition coefficient (Wildman–Crippen LogP) is 3.16. The highest BCUT2D eigenvalue weighted by Crippen LogP contribution is 2.01. The smallest absolute Gasteiger partial charge is 0.107 e. The van der Waals surface area contributed by atoms with Crippen LogP contribution in [0, 0.1) is 5.41 Å². The minimum atomic E-state index is 0.846. The van der Waals surface area contributed by atoms with Crippen molar-refractivity contribution in [1.29, 1.82) is 5.41 Å². The number of nitrogens with one attached hydrogen (secondary N) is 1. The Hall–Kier alpha value is -1.70. The number of allylic oxidation sites excluding steroid dienone is 1. The summed E-state index contributed by atoms with van der Waals surface area (Å²) in [5, 5.41) is 6.87. The molecule has 2 heteroatoms. The second kappa shape index (κ2) is 5.86. The molecule has 0 amide bonds. The van der Waals surface area contributed by atoms with Crippen LogP contribution < -0.4 is 0 Å². The molecule has 72 valence electrons. The molecule has 0 saturated heterocycles. The minimum absolute atomic E-state index is 0.846. The summed E-state index contributed by atoms with van der Waals surface area (Å²) in [6.45, 7) is 2.03. The maximum Gasteiger partial charge on any atom is 0.107 e. The number of hydrogen-bond donors (Lipinski definition) is 1. The fourth-order valence-electron chi connectivity index (χ4n) is 1.09. The highest BCUT2D eigenvalue weighted by atomic mass is 14.8. The Labute approximate surface area is 84.5 Å². The van der Waals surface area contributed by atoms with E-state index in [2.05, 4.69) is 4.99 Å². The number of hydrogen-bond acceptors (Lipinski definition) is 1. The molecule has 0 aliphatic rings. The van der Waals surface area contributed by atoms with Gasteiger partial charge in [-0.25, -0.2) is 4.99 Å². The van der Waals surface area contributed by atoms with Crippen molar-refractivity contribution in [3.63, 3.8) is 0 Å². The monoisotopic (exact) mass is 186 g/mol. The predicted molar refractivity (Wildman–Crippen MR) is 62.0 cm³/mol. The van der Waals surface area contributed by atoms with Crippen LogP contribution in [-0.2, 0) is 0 Å². The second-order valence-corrected chi connectivity index (χ2v) is 2.85. The van der Waals surface area contributed by atoms with Gasteiger partial charge in [-0.05, 0) is 18.1 Å². The molecule has 1 rings (SSSR count). The third-order valence-corrected chi connectivity index (χ3v) is 1.86. The van der Waals surface area contributed by atoms with E-state index in [4.69, 9.17) is 5.41 Å². The van der Waals surface area contributed by atoms with E-state index in [0.29, 0.717) is 0 Å². The lowest BCUT2D eigenvalue weighted by Crippen LogP contribution is -1.89. The standard InChI is InChI=1S/C12H14N2/c1-2-12(14-10-13)9-8-11-6-4-3-5-7-11/h3-10,13H,2H2,1H3/b9-8+,13-10?,14-12-. The van der Waals surface area contributed by atoms with Gasteiger partial charge in [-0.3, -0.25) is 5.41 Å². The molecule has 1 N–H and O–H groups in total. The summed E-state index contributed by atoms with van der Waals surface area (Å²) >= 11 is 0. The second-order valence-electron chi connectivity index (χ2n) is 2.85. The van der Waals surface area contributed by atoms with Gasteiger partial charge in [-0.1, -0.05) is 43.3 Å². The Morgan fingerprint density at radius 3 is 2.64 bits per heavy atom. The highest BCUT2D eigenvalue weighted by Gasteiger charge is 1.88. The molecule has 14 heavy (non-hydrogen) atoms. The average Bonchev–Trinajstić information content (AvgIpc) is 2.25. The maximum atomic E-state index is 6.87. The summed E-state index contributed by atoms with van der Waals surface area (Å²) in [6.07, 6.45) is 5.87. The summed E-state index contributed by atoms with van der Waals surface area (Å²) in [5.74, 6) is 0. The first-order valence-electron chi connectivity index (χ1n) is 4.65. The van der Waals surface area contributed by atoms with Crippen LogP contribution in [-0.4, -0.2) is 12.1 Å². The molecule has 1 aromatic rings. The fourth-order valence-corrected chi connectivity index (χ4v) is 1.09. The van der Waals surface area contributed by atoms with Crippen LogP contribution in [0.4, 0.5) is 0 Å². The van der Waals surface area contributed by atoms with Gasteiger partial charge in [0.2, 0.25) is 0 Å². The van der Waals surface area contributed by atoms with E-state index in [1.54, 1.807) is 0 Å². The molecule has 0 atom stereocenters. The van der Waals surface area contributed by atoms with Gasteiger partial charge >= 0.3 is 0 Å². The molecule has 0 spiro atoms. The maximum absolute atomic E-state index is 6.87. The van der Waals surface area contributed by atoms with Crippen molar-refractivity contribution in [1.82, 2.24) is 0 Å². The zero-order valence-corrected chi connectivity index (χ0v) is 8.27. The first-order chi connectivity index (χ1) is 6.86. The zero-order valence-electron chi connectivity index (χ0n) is 8.27. The zero-order chi connectivity index (χ0) is 10.2. The molecular formula is C12H14N2. The molecule has 0 saturated carbocycles. The van der Waals surface area contributed by atoms with E-state index in [9.17, 15) is 0 Å². The van der Waals surface area contributed by atoms with Crippen molar-refractivity contribution in [2.45, 2.75) is 13.3 Å². The topological polar surface area (TPSA) is 36.2 Å². The van der Waals surface area contributed by atoms with Gasteiger partial charge in [0.25, 0.3) is 0 Å². The van der Waals surface area contributed by atoms with Gasteiger partial charge in [-0.15, -0.1) is 0 Å². The minimum Gasteiger partial charge on any atom is -0.290 e. The van der Waals surface area contributed by atoms with Gasteiger partial charge in [0.1, 0.15) is 6.34 Å². The number of benzene rings is 1. The lowest BCUT2D eigenvalue weighted by atomic mass is 10.2. The van der Waals surface area contributed by atoms with E-state index in [1.165, 1.54) is 0 Å². The molecular weight excluding hydrogens is 172 g/mol. The Morgan fingerprint density at radius 2 is 2.07 bits per heavy atom. The Morgan fingerprint density at radius 1 is 1.36 bits per heavy atom. The van der Waals surface area contributed by atoms with Crippen molar-refractivity contribution in [3.8, 4) is 0 Å². The fraction of sp³-hybridized carbons (Fsp3) is 0.167. The van der Waals surface area contributed by atoms with Gasteiger partial charge in [0.05, 0.1) is 0 Å². The van der Waals surface area contributed by atoms with Crippen LogP contribution in [0.1, 0.15) is 18.9 Å². The van der Waals surface area contributed by atoms with E-state index in [1.807, 2.05) is 49.4 Å². The number of nitrogens with zero attached hydrogens (tertiary/aromatic N) is 1. The third-order valence-electron chi connectivity index (χ3n) is 1.86. The quantitative estimate of drug-likeness (QED) is 0.554. The summed E-state index contributed by atoms with van der Waals surface area (Å²) in [5.41, 5.74) is 2.07. The highest BCUT2D eigenvalue weighted by molar-refractivity contribution is 6.01. The first-order valence-corrected chi connectivity index (χ1v) is 4.65. The van der Waals surface area contributed by atoms with Crippen LogP contribution in [0.25, 0.3) is 6.08 Å². The van der Waals surface area contributed by atoms with Crippen LogP contribution in [0.5, 0.6) is 0 Å². The molecule has 0 aliphatic carbocycles. The Kier molecular flexibility index (Phi) is 4.35. The molecule has 0 aliphatic heterocycles. The molecule has 0 fully saturated rings. The van der Waals surface area contributed by atoms with E-state index < -0.39 is 0 Å². The summed E-state index contributed by atoms with van der Waals surface area (Å²) in [4.78, 5) is 3.93. The van der Waals surface area contributed by atoms with Gasteiger partial charge < -0.3 is 0 Å². The van der Waals surface area contributed by atoms with Crippen LogP contribution in [0.3, 0.4) is 0 Å². The number of aliphatic imine (C=N–C) groups is 1. The van der Waals surface area contributed by atoms with Gasteiger partial charge in [0.15, 0.2) is 0 Å². The van der Waals surface area contributed by atoms with Gasteiger partial charge in [0, 0.05) is 5.71 Å². The molecule has 0 aromatic heterocycles. The molecule has 0 radical (unpaired) electrons. The SMILES string of the molecule is CCC(/C=C/c1ccccc1)=N/C=N. The summed E-state index contributed by atoms with van der Waals surface area (Å²) in [6, 6.07) is 10.1. The Bertz CT molecular complexity index is 337. The van der Waals surface area contributed by atoms with Crippen LogP contribution in [0.15, 0.2) is 41.4 Å². The first kappa shape index (κ1) is 10.4. The average molecular weight is 186 g/mol. The van der Waals surface area contributed by atoms with Crippen LogP contribution >= 0.6 is 0 Å². The molecule has 0 bridgehead atoms. The molecule has 2 nitrogen and oxygen atoms in total. The van der Waals surface area contributed by atoms with Crippen LogP contribution in [0.2, 0.25) is 0 Å². The normalized spacial score (nSPS) is 11.9. The van der Waals surface area contributed by atoms with E-state index in [-0.39, 0.29) is 0 Å². The Balaban J connectivity index is 2.72. The lowest BCUT2D eigenvalue weighted by molar-refractivity contribution is 1.29. The summed E-state index contributed by atoms with van der Waals surface area (Å²) < 4.78 is 0.